The molecule has 3 heterocycles. The number of likely N-dealkylation sites (tertiary alicyclic amines) is 3. The minimum atomic E-state index is -1.59. The van der Waals surface area contributed by atoms with Gasteiger partial charge in [0, 0.05) is 42.0 Å². The van der Waals surface area contributed by atoms with Gasteiger partial charge in [-0.1, -0.05) is 19.7 Å². The summed E-state index contributed by atoms with van der Waals surface area (Å²) < 4.78 is 26.4. The summed E-state index contributed by atoms with van der Waals surface area (Å²) in [4.78, 5) is 102. The third-order valence-electron chi connectivity index (χ3n) is 6.09. The predicted octanol–water partition coefficient (Wildman–Crippen LogP) is -0.0136. The summed E-state index contributed by atoms with van der Waals surface area (Å²) in [6.45, 7) is 14.5. The highest BCUT2D eigenvalue weighted by Gasteiger charge is 2.41. The van der Waals surface area contributed by atoms with Crippen LogP contribution in [0, 0.1) is 0 Å². The lowest BCUT2D eigenvalue weighted by Gasteiger charge is -2.35. The van der Waals surface area contributed by atoms with E-state index >= 15 is 0 Å². The molecule has 3 saturated heterocycles. The molecule has 1 N–H and O–H groups in total. The quantitative estimate of drug-likeness (QED) is 0.114. The highest BCUT2D eigenvalue weighted by atomic mass is 19.1. The predicted molar refractivity (Wildman–Crippen MR) is 152 cm³/mol. The Balaban J connectivity index is 0.000000345. The first-order valence-electron chi connectivity index (χ1n) is 13.6. The molecule has 0 bridgehead atoms. The molecule has 46 heavy (non-hydrogen) atoms. The van der Waals surface area contributed by atoms with Gasteiger partial charge < -0.3 is 19.3 Å². The molecule has 3 fully saturated rings. The van der Waals surface area contributed by atoms with Crippen LogP contribution < -0.4 is 0 Å². The molecule has 3 rings (SSSR count). The smallest absolute Gasteiger partial charge is 0.333 e. The van der Waals surface area contributed by atoms with E-state index in [0.29, 0.717) is 16.2 Å². The lowest BCUT2D eigenvalue weighted by Crippen LogP contribution is -2.55. The number of amides is 6. The number of alkyl halides is 1. The van der Waals surface area contributed by atoms with Gasteiger partial charge in [0.2, 0.25) is 17.7 Å². The second-order valence-corrected chi connectivity index (χ2v) is 10.3. The van der Waals surface area contributed by atoms with E-state index in [2.05, 4.69) is 33.9 Å². The van der Waals surface area contributed by atoms with Crippen molar-refractivity contribution in [3.05, 3.63) is 36.5 Å². The Kier molecular flexibility index (Phi) is 14.8. The molecule has 0 spiro atoms. The monoisotopic (exact) mass is 653 g/mol. The van der Waals surface area contributed by atoms with Crippen molar-refractivity contribution < 1.29 is 66.9 Å². The molecule has 252 valence electrons. The number of nitrogens with zero attached hydrogens (tertiary/aromatic N) is 3. The summed E-state index contributed by atoms with van der Waals surface area (Å²) in [5.41, 5.74) is 0.529. The number of halogens is 1. The molecule has 3 aliphatic rings. The second kappa shape index (κ2) is 17.4. The minimum Gasteiger partial charge on any atom is -0.452 e. The fraction of sp³-hybridized carbons (Fsp3) is 0.483. The first-order chi connectivity index (χ1) is 21.3. The van der Waals surface area contributed by atoms with E-state index in [4.69, 9.17) is 0 Å². The molecule has 3 aliphatic heterocycles. The number of carbonyl (C=O) groups excluding carboxylic acids is 9. The van der Waals surface area contributed by atoms with Gasteiger partial charge in [-0.15, -0.1) is 0 Å². The maximum Gasteiger partial charge on any atom is 0.333 e. The third-order valence-corrected chi connectivity index (χ3v) is 6.09. The lowest BCUT2D eigenvalue weighted by molar-refractivity contribution is -0.170. The molecular formula is C29H36FN3O13. The molecule has 3 atom stereocenters. The van der Waals surface area contributed by atoms with Crippen molar-refractivity contribution in [3.8, 4) is 0 Å². The van der Waals surface area contributed by atoms with Crippen LogP contribution in [-0.2, 0) is 57.4 Å². The Bertz CT molecular complexity index is 1280. The largest absolute Gasteiger partial charge is 0.452 e. The maximum absolute atomic E-state index is 12.7. The molecular weight excluding hydrogens is 617 g/mol. The number of β-lactam (4-membered cyclic amide) rings is 2. The standard InChI is InChI=1S/C10H13NO5.C10H13NO4.C9H10FNO4/c1-6(2)10(15)16-5-9(14)11-7(12)3-4-8(11)13;1-6(2)10(14)15-5-9(13)11-7(3)4-8(11)12;1-5(2)9(14)15-4-8(13)11-6(10)3-7(11)12/h7,12H,1,3-5H2,2H3;7H,1,4-5H2,2-3H3;6H,1,3-4H2,2H3. The summed E-state index contributed by atoms with van der Waals surface area (Å²) in [5, 5.41) is 9.33. The number of ether oxygens (including phenoxy) is 3. The average molecular weight is 654 g/mol. The molecule has 0 saturated carbocycles. The van der Waals surface area contributed by atoms with Crippen LogP contribution in [0.3, 0.4) is 0 Å². The van der Waals surface area contributed by atoms with Gasteiger partial charge in [-0.2, -0.15) is 0 Å². The Morgan fingerprint density at radius 2 is 1.07 bits per heavy atom. The van der Waals surface area contributed by atoms with Gasteiger partial charge in [-0.3, -0.25) is 38.6 Å². The van der Waals surface area contributed by atoms with Crippen LogP contribution in [0.4, 0.5) is 4.39 Å². The SMILES string of the molecule is C=C(C)C(=O)OCC(=O)N1C(=O)CC1C.C=C(C)C(=O)OCC(=O)N1C(=O)CC1F.C=C(C)C(=O)OCC(=O)N1C(=O)CCC1O. The number of hydrogen-bond donors (Lipinski definition) is 1. The number of hydrogen-bond acceptors (Lipinski definition) is 13. The van der Waals surface area contributed by atoms with Crippen LogP contribution in [0.2, 0.25) is 0 Å². The first kappa shape index (κ1) is 39.0. The van der Waals surface area contributed by atoms with E-state index in [0.717, 1.165) is 4.90 Å². The minimum absolute atomic E-state index is 0.0893. The molecule has 6 amide bonds. The molecule has 0 radical (unpaired) electrons. The van der Waals surface area contributed by atoms with E-state index < -0.39 is 79.8 Å². The summed E-state index contributed by atoms with van der Waals surface area (Å²) in [7, 11) is 0. The number of rotatable bonds is 9. The van der Waals surface area contributed by atoms with Crippen molar-refractivity contribution in [2.24, 2.45) is 0 Å². The fourth-order valence-electron chi connectivity index (χ4n) is 3.57. The van der Waals surface area contributed by atoms with Gasteiger partial charge in [0.05, 0.1) is 6.42 Å². The molecule has 3 unspecified atom stereocenters. The van der Waals surface area contributed by atoms with Gasteiger partial charge in [0.1, 0.15) is 6.23 Å². The van der Waals surface area contributed by atoms with Crippen LogP contribution in [0.5, 0.6) is 0 Å². The third kappa shape index (κ3) is 11.1. The van der Waals surface area contributed by atoms with Gasteiger partial charge >= 0.3 is 17.9 Å². The molecule has 16 nitrogen and oxygen atoms in total. The van der Waals surface area contributed by atoms with Crippen LogP contribution in [0.25, 0.3) is 0 Å². The second-order valence-electron chi connectivity index (χ2n) is 10.3. The van der Waals surface area contributed by atoms with Crippen LogP contribution in [0.15, 0.2) is 36.5 Å². The topological polar surface area (TPSA) is 211 Å². The van der Waals surface area contributed by atoms with E-state index in [1.807, 2.05) is 0 Å². The van der Waals surface area contributed by atoms with Crippen molar-refractivity contribution in [1.29, 1.82) is 0 Å². The van der Waals surface area contributed by atoms with Crippen molar-refractivity contribution in [3.63, 3.8) is 0 Å². The van der Waals surface area contributed by atoms with Gasteiger partial charge in [-0.05, 0) is 27.7 Å². The number of esters is 3. The molecule has 0 aromatic heterocycles. The highest BCUT2D eigenvalue weighted by Crippen LogP contribution is 2.20. The van der Waals surface area contributed by atoms with Crippen LogP contribution in [0.1, 0.15) is 53.4 Å². The van der Waals surface area contributed by atoms with E-state index in [-0.39, 0.29) is 47.9 Å². The van der Waals surface area contributed by atoms with Crippen molar-refractivity contribution in [2.75, 3.05) is 19.8 Å². The van der Waals surface area contributed by atoms with Gasteiger partial charge in [0.15, 0.2) is 26.1 Å². The molecule has 0 aliphatic carbocycles. The fourth-order valence-corrected chi connectivity index (χ4v) is 3.57. The maximum atomic E-state index is 12.7. The van der Waals surface area contributed by atoms with Gasteiger partial charge in [0.25, 0.3) is 17.7 Å². The molecule has 0 aromatic carbocycles. The number of aliphatic hydroxyl groups is 1. The van der Waals surface area contributed by atoms with E-state index in [9.17, 15) is 52.6 Å². The zero-order chi connectivity index (χ0) is 35.5. The highest BCUT2D eigenvalue weighted by molar-refractivity contribution is 6.02. The van der Waals surface area contributed by atoms with Crippen molar-refractivity contribution in [1.82, 2.24) is 14.7 Å². The zero-order valence-corrected chi connectivity index (χ0v) is 25.9. The van der Waals surface area contributed by atoms with Crippen LogP contribution in [-0.4, -0.2) is 112 Å². The average Bonchev–Trinajstić information content (AvgIpc) is 3.30. The Morgan fingerprint density at radius 1 is 0.696 bits per heavy atom. The van der Waals surface area contributed by atoms with Crippen molar-refractivity contribution >= 4 is 53.4 Å². The normalized spacial score (nSPS) is 19.6. The summed E-state index contributed by atoms with van der Waals surface area (Å²) >= 11 is 0. The summed E-state index contributed by atoms with van der Waals surface area (Å²) in [5.74, 6) is -5.39. The summed E-state index contributed by atoms with van der Waals surface area (Å²) in [6, 6.07) is -0.0893. The molecule has 0 aromatic rings. The lowest BCUT2D eigenvalue weighted by atomic mass is 10.0. The zero-order valence-electron chi connectivity index (χ0n) is 25.9. The van der Waals surface area contributed by atoms with Crippen LogP contribution >= 0.6 is 0 Å². The Morgan fingerprint density at radius 3 is 1.35 bits per heavy atom. The first-order valence-corrected chi connectivity index (χ1v) is 13.6. The Hall–Kier alpha value is -5.06. The Labute approximate surface area is 263 Å². The number of carbonyl (C=O) groups is 9. The number of aliphatic hydroxyl groups excluding tert-OH is 1. The molecule has 17 heteroatoms. The number of imide groups is 3. The summed E-state index contributed by atoms with van der Waals surface area (Å²) in [6.07, 6.45) is -2.27. The van der Waals surface area contributed by atoms with Crippen molar-refractivity contribution in [2.45, 2.75) is 71.9 Å². The van der Waals surface area contributed by atoms with Gasteiger partial charge in [-0.25, -0.2) is 23.7 Å². The van der Waals surface area contributed by atoms with E-state index in [1.165, 1.54) is 20.8 Å². The van der Waals surface area contributed by atoms with E-state index in [1.54, 1.807) is 6.92 Å².